The maximum Gasteiger partial charge on any atom is 0.124 e. The van der Waals surface area contributed by atoms with E-state index >= 15 is 0 Å². The van der Waals surface area contributed by atoms with Crippen LogP contribution < -0.4 is 10.1 Å². The summed E-state index contributed by atoms with van der Waals surface area (Å²) in [5, 5.41) is 4.44. The fourth-order valence-corrected chi connectivity index (χ4v) is 3.54. The average molecular weight is 310 g/mol. The maximum absolute atomic E-state index is 6.28. The van der Waals surface area contributed by atoms with Gasteiger partial charge in [0.15, 0.2) is 0 Å². The van der Waals surface area contributed by atoms with Gasteiger partial charge in [-0.2, -0.15) is 0 Å². The van der Waals surface area contributed by atoms with Crippen molar-refractivity contribution in [3.05, 3.63) is 28.8 Å². The zero-order valence-corrected chi connectivity index (χ0v) is 13.4. The second kappa shape index (κ2) is 6.99. The van der Waals surface area contributed by atoms with Gasteiger partial charge < -0.3 is 14.8 Å². The number of ether oxygens (including phenoxy) is 2. The fourth-order valence-electron chi connectivity index (χ4n) is 3.36. The highest BCUT2D eigenvalue weighted by Crippen LogP contribution is 2.40. The molecule has 2 aliphatic rings. The zero-order valence-electron chi connectivity index (χ0n) is 12.6. The molecule has 0 radical (unpaired) electrons. The van der Waals surface area contributed by atoms with Crippen LogP contribution in [0.4, 0.5) is 0 Å². The summed E-state index contributed by atoms with van der Waals surface area (Å²) in [5.74, 6) is 1.60. The van der Waals surface area contributed by atoms with Gasteiger partial charge in [0.1, 0.15) is 11.9 Å². The predicted molar refractivity (Wildman–Crippen MR) is 85.1 cm³/mol. The molecule has 0 bridgehead atoms. The summed E-state index contributed by atoms with van der Waals surface area (Å²) in [6.07, 6.45) is 4.66. The lowest BCUT2D eigenvalue weighted by Crippen LogP contribution is -2.39. The summed E-state index contributed by atoms with van der Waals surface area (Å²) in [6, 6.07) is 6.33. The number of rotatable bonds is 4. The van der Waals surface area contributed by atoms with E-state index in [4.69, 9.17) is 21.1 Å². The van der Waals surface area contributed by atoms with Gasteiger partial charge in [0.25, 0.3) is 0 Å². The molecule has 3 nitrogen and oxygen atoms in total. The first-order chi connectivity index (χ1) is 10.3. The largest absolute Gasteiger partial charge is 0.490 e. The van der Waals surface area contributed by atoms with Gasteiger partial charge in [0.05, 0.1) is 0 Å². The first kappa shape index (κ1) is 15.1. The van der Waals surface area contributed by atoms with Crippen LogP contribution in [0.1, 0.15) is 44.2 Å². The lowest BCUT2D eigenvalue weighted by Gasteiger charge is -2.38. The van der Waals surface area contributed by atoms with Gasteiger partial charge >= 0.3 is 0 Å². The van der Waals surface area contributed by atoms with Gasteiger partial charge in [-0.15, -0.1) is 0 Å². The van der Waals surface area contributed by atoms with Crippen molar-refractivity contribution in [3.63, 3.8) is 0 Å². The van der Waals surface area contributed by atoms with Crippen molar-refractivity contribution in [1.29, 1.82) is 0 Å². The van der Waals surface area contributed by atoms with Crippen molar-refractivity contribution in [1.82, 2.24) is 5.32 Å². The van der Waals surface area contributed by atoms with Crippen LogP contribution in [0.3, 0.4) is 0 Å². The Morgan fingerprint density at radius 2 is 2.10 bits per heavy atom. The van der Waals surface area contributed by atoms with Crippen molar-refractivity contribution in [2.24, 2.45) is 5.92 Å². The summed E-state index contributed by atoms with van der Waals surface area (Å²) in [6.45, 7) is 4.95. The van der Waals surface area contributed by atoms with Crippen LogP contribution in [0, 0.1) is 5.92 Å². The Labute approximate surface area is 132 Å². The molecule has 1 N–H and O–H groups in total. The molecule has 2 unspecified atom stereocenters. The van der Waals surface area contributed by atoms with E-state index < -0.39 is 0 Å². The lowest BCUT2D eigenvalue weighted by atomic mass is 9.85. The van der Waals surface area contributed by atoms with Gasteiger partial charge in [0.2, 0.25) is 0 Å². The minimum Gasteiger partial charge on any atom is -0.490 e. The standard InChI is InChI=1S/C17H24ClNO2/c1-2-7-19-15-11-17(12-5-8-20-9-6-12)21-16-4-3-13(18)10-14(15)16/h3-4,10,12,15,17,19H,2,5-9,11H2,1H3. The first-order valence-corrected chi connectivity index (χ1v) is 8.43. The van der Waals surface area contributed by atoms with E-state index in [1.807, 2.05) is 18.2 Å². The van der Waals surface area contributed by atoms with Crippen molar-refractivity contribution < 1.29 is 9.47 Å². The second-order valence-corrected chi connectivity index (χ2v) is 6.47. The Morgan fingerprint density at radius 1 is 1.29 bits per heavy atom. The van der Waals surface area contributed by atoms with Crippen LogP contribution in [0.15, 0.2) is 18.2 Å². The molecule has 0 aliphatic carbocycles. The summed E-state index contributed by atoms with van der Waals surface area (Å²) in [5.41, 5.74) is 1.21. The number of halogens is 1. The minimum absolute atomic E-state index is 0.289. The summed E-state index contributed by atoms with van der Waals surface area (Å²) >= 11 is 6.16. The molecule has 1 aromatic carbocycles. The quantitative estimate of drug-likeness (QED) is 0.913. The number of nitrogens with one attached hydrogen (secondary N) is 1. The highest BCUT2D eigenvalue weighted by molar-refractivity contribution is 6.30. The molecule has 0 saturated carbocycles. The van der Waals surface area contributed by atoms with E-state index in [0.29, 0.717) is 12.0 Å². The Bertz CT molecular complexity index is 474. The van der Waals surface area contributed by atoms with Crippen molar-refractivity contribution in [2.45, 2.75) is 44.8 Å². The summed E-state index contributed by atoms with van der Waals surface area (Å²) in [4.78, 5) is 0. The van der Waals surface area contributed by atoms with Crippen LogP contribution in [-0.4, -0.2) is 25.9 Å². The zero-order chi connectivity index (χ0) is 14.7. The third-order valence-electron chi connectivity index (χ3n) is 4.53. The molecule has 116 valence electrons. The first-order valence-electron chi connectivity index (χ1n) is 8.05. The summed E-state index contributed by atoms with van der Waals surface area (Å²) < 4.78 is 11.8. The van der Waals surface area contributed by atoms with Gasteiger partial charge in [0, 0.05) is 42.2 Å². The minimum atomic E-state index is 0.289. The summed E-state index contributed by atoms with van der Waals surface area (Å²) in [7, 11) is 0. The molecule has 0 spiro atoms. The number of hydrogen-bond acceptors (Lipinski definition) is 3. The second-order valence-electron chi connectivity index (χ2n) is 6.03. The Kier molecular flexibility index (Phi) is 5.04. The van der Waals surface area contributed by atoms with Crippen molar-refractivity contribution >= 4 is 11.6 Å². The maximum atomic E-state index is 6.28. The van der Waals surface area contributed by atoms with Gasteiger partial charge in [-0.3, -0.25) is 0 Å². The molecule has 21 heavy (non-hydrogen) atoms. The number of benzene rings is 1. The number of fused-ring (bicyclic) bond motifs is 1. The fraction of sp³-hybridized carbons (Fsp3) is 0.647. The van der Waals surface area contributed by atoms with Crippen LogP contribution in [0.2, 0.25) is 5.02 Å². The highest BCUT2D eigenvalue weighted by Gasteiger charge is 2.34. The Morgan fingerprint density at radius 3 is 2.86 bits per heavy atom. The monoisotopic (exact) mass is 309 g/mol. The number of hydrogen-bond donors (Lipinski definition) is 1. The third kappa shape index (κ3) is 3.53. The molecule has 0 amide bonds. The molecule has 1 aromatic rings. The van der Waals surface area contributed by atoms with Crippen LogP contribution >= 0.6 is 11.6 Å². The smallest absolute Gasteiger partial charge is 0.124 e. The van der Waals surface area contributed by atoms with Crippen LogP contribution in [0.25, 0.3) is 0 Å². The van der Waals surface area contributed by atoms with Crippen LogP contribution in [0.5, 0.6) is 5.75 Å². The van der Waals surface area contributed by atoms with Crippen molar-refractivity contribution in [3.8, 4) is 5.75 Å². The third-order valence-corrected chi connectivity index (χ3v) is 4.76. The molecule has 0 aromatic heterocycles. The molecule has 2 heterocycles. The highest BCUT2D eigenvalue weighted by atomic mass is 35.5. The average Bonchev–Trinajstić information content (AvgIpc) is 2.53. The van der Waals surface area contributed by atoms with E-state index in [1.54, 1.807) is 0 Å². The van der Waals surface area contributed by atoms with Gasteiger partial charge in [-0.25, -0.2) is 0 Å². The molecule has 4 heteroatoms. The SMILES string of the molecule is CCCNC1CC(C2CCOCC2)Oc2ccc(Cl)cc21. The molecule has 2 atom stereocenters. The Hall–Kier alpha value is -0.770. The molecule has 3 rings (SSSR count). The molecule has 1 saturated heterocycles. The Balaban J connectivity index is 1.80. The van der Waals surface area contributed by atoms with Crippen molar-refractivity contribution in [2.75, 3.05) is 19.8 Å². The molecule has 1 fully saturated rings. The normalized spacial score (nSPS) is 26.2. The van der Waals surface area contributed by atoms with E-state index in [0.717, 1.165) is 56.2 Å². The van der Waals surface area contributed by atoms with E-state index in [2.05, 4.69) is 12.2 Å². The van der Waals surface area contributed by atoms with Gasteiger partial charge in [-0.05, 0) is 44.0 Å². The molecular weight excluding hydrogens is 286 g/mol. The predicted octanol–water partition coefficient (Wildman–Crippen LogP) is 3.96. The molecular formula is C17H24ClNO2. The van der Waals surface area contributed by atoms with Gasteiger partial charge in [-0.1, -0.05) is 18.5 Å². The van der Waals surface area contributed by atoms with E-state index in [9.17, 15) is 0 Å². The topological polar surface area (TPSA) is 30.5 Å². The van der Waals surface area contributed by atoms with Crippen LogP contribution in [-0.2, 0) is 4.74 Å². The van der Waals surface area contributed by atoms with E-state index in [-0.39, 0.29) is 6.10 Å². The van der Waals surface area contributed by atoms with E-state index in [1.165, 1.54) is 5.56 Å². The molecule has 2 aliphatic heterocycles. The lowest BCUT2D eigenvalue weighted by molar-refractivity contribution is 0.00531.